The predicted molar refractivity (Wildman–Crippen MR) is 54.3 cm³/mol. The lowest BCUT2D eigenvalue weighted by Gasteiger charge is -2.16. The van der Waals surface area contributed by atoms with E-state index < -0.39 is 0 Å². The van der Waals surface area contributed by atoms with E-state index in [-0.39, 0.29) is 24.8 Å². The molecule has 1 aliphatic heterocycles. The highest BCUT2D eigenvalue weighted by Crippen LogP contribution is 1.98. The van der Waals surface area contributed by atoms with E-state index in [1.807, 2.05) is 0 Å². The molecule has 1 rings (SSSR count). The monoisotopic (exact) mass is 198 g/mol. The summed E-state index contributed by atoms with van der Waals surface area (Å²) in [4.78, 5) is 4.33. The van der Waals surface area contributed by atoms with E-state index in [9.17, 15) is 0 Å². The van der Waals surface area contributed by atoms with Gasteiger partial charge < -0.3 is 5.32 Å². The summed E-state index contributed by atoms with van der Waals surface area (Å²) in [5, 5.41) is 3.27. The van der Waals surface area contributed by atoms with Crippen molar-refractivity contribution in [2.24, 2.45) is 10.9 Å². The van der Waals surface area contributed by atoms with Crippen LogP contribution in [0.3, 0.4) is 0 Å². The molecule has 11 heavy (non-hydrogen) atoms. The van der Waals surface area contributed by atoms with E-state index in [0.29, 0.717) is 5.92 Å². The molecule has 0 spiro atoms. The Morgan fingerprint density at radius 2 is 2.00 bits per heavy atom. The van der Waals surface area contributed by atoms with Gasteiger partial charge in [0.15, 0.2) is 0 Å². The number of halogens is 2. The van der Waals surface area contributed by atoms with Crippen molar-refractivity contribution in [3.05, 3.63) is 0 Å². The SMILES string of the molecule is CC(C)C1=NCCCN1.Cl.Cl. The third kappa shape index (κ3) is 4.49. The maximum absolute atomic E-state index is 4.33. The Labute approximate surface area is 80.7 Å². The molecule has 0 bridgehead atoms. The molecule has 0 aromatic carbocycles. The van der Waals surface area contributed by atoms with Crippen LogP contribution in [0.2, 0.25) is 0 Å². The Hall–Kier alpha value is 0.0500. The summed E-state index contributed by atoms with van der Waals surface area (Å²) in [6.07, 6.45) is 1.19. The van der Waals surface area contributed by atoms with Crippen LogP contribution in [0.4, 0.5) is 0 Å². The van der Waals surface area contributed by atoms with Gasteiger partial charge in [0.05, 0.1) is 5.84 Å². The number of rotatable bonds is 1. The van der Waals surface area contributed by atoms with Gasteiger partial charge in [-0.3, -0.25) is 4.99 Å². The van der Waals surface area contributed by atoms with Gasteiger partial charge in [-0.2, -0.15) is 0 Å². The molecular formula is C7H16Cl2N2. The molecule has 0 aromatic heterocycles. The fraction of sp³-hybridized carbons (Fsp3) is 0.857. The minimum absolute atomic E-state index is 0. The molecule has 0 saturated heterocycles. The van der Waals surface area contributed by atoms with Crippen LogP contribution >= 0.6 is 24.8 Å². The summed E-state index contributed by atoms with van der Waals surface area (Å²) in [5.41, 5.74) is 0. The molecule has 0 unspecified atom stereocenters. The van der Waals surface area contributed by atoms with Crippen LogP contribution < -0.4 is 5.32 Å². The molecular weight excluding hydrogens is 183 g/mol. The third-order valence-electron chi connectivity index (χ3n) is 1.47. The molecule has 0 aliphatic carbocycles. The Morgan fingerprint density at radius 3 is 2.27 bits per heavy atom. The van der Waals surface area contributed by atoms with Crippen molar-refractivity contribution in [3.63, 3.8) is 0 Å². The molecule has 2 nitrogen and oxygen atoms in total. The van der Waals surface area contributed by atoms with Gasteiger partial charge in [-0.05, 0) is 6.42 Å². The Bertz CT molecular complexity index is 124. The molecule has 4 heteroatoms. The van der Waals surface area contributed by atoms with Crippen LogP contribution in [0.15, 0.2) is 4.99 Å². The normalized spacial score (nSPS) is 15.7. The van der Waals surface area contributed by atoms with Crippen LogP contribution in [0.25, 0.3) is 0 Å². The zero-order valence-electron chi connectivity index (χ0n) is 6.96. The zero-order chi connectivity index (χ0) is 6.69. The van der Waals surface area contributed by atoms with E-state index in [0.717, 1.165) is 13.1 Å². The first-order valence-corrected chi connectivity index (χ1v) is 3.59. The summed E-state index contributed by atoms with van der Waals surface area (Å²) < 4.78 is 0. The fourth-order valence-corrected chi connectivity index (χ4v) is 0.938. The topological polar surface area (TPSA) is 24.4 Å². The number of nitrogens with zero attached hydrogens (tertiary/aromatic N) is 1. The minimum Gasteiger partial charge on any atom is -0.374 e. The average Bonchev–Trinajstić information content (AvgIpc) is 1.90. The van der Waals surface area contributed by atoms with Crippen LogP contribution in [-0.2, 0) is 0 Å². The first-order chi connectivity index (χ1) is 4.30. The fourth-order valence-electron chi connectivity index (χ4n) is 0.938. The number of aliphatic imine (C=N–C) groups is 1. The summed E-state index contributed by atoms with van der Waals surface area (Å²) in [5.74, 6) is 1.76. The van der Waals surface area contributed by atoms with Crippen molar-refractivity contribution in [3.8, 4) is 0 Å². The average molecular weight is 199 g/mol. The van der Waals surface area contributed by atoms with Crippen LogP contribution in [0.1, 0.15) is 20.3 Å². The van der Waals surface area contributed by atoms with Crippen molar-refractivity contribution in [1.29, 1.82) is 0 Å². The number of hydrogen-bond donors (Lipinski definition) is 1. The minimum atomic E-state index is 0. The second-order valence-corrected chi connectivity index (χ2v) is 2.70. The van der Waals surface area contributed by atoms with Crippen molar-refractivity contribution >= 4 is 30.6 Å². The Kier molecular flexibility index (Phi) is 8.35. The van der Waals surface area contributed by atoms with Crippen LogP contribution in [0.5, 0.6) is 0 Å². The molecule has 1 N–H and O–H groups in total. The highest BCUT2D eigenvalue weighted by molar-refractivity contribution is 5.85. The third-order valence-corrected chi connectivity index (χ3v) is 1.47. The Balaban J connectivity index is 0. The van der Waals surface area contributed by atoms with Gasteiger partial charge in [0, 0.05) is 19.0 Å². The molecule has 0 radical (unpaired) electrons. The van der Waals surface area contributed by atoms with Gasteiger partial charge in [-0.15, -0.1) is 24.8 Å². The molecule has 0 amide bonds. The first kappa shape index (κ1) is 13.6. The van der Waals surface area contributed by atoms with Gasteiger partial charge >= 0.3 is 0 Å². The molecule has 0 fully saturated rings. The van der Waals surface area contributed by atoms with Gasteiger partial charge in [-0.25, -0.2) is 0 Å². The van der Waals surface area contributed by atoms with Crippen LogP contribution in [0, 0.1) is 5.92 Å². The lowest BCUT2D eigenvalue weighted by molar-refractivity contribution is 0.690. The number of nitrogens with one attached hydrogen (secondary N) is 1. The second-order valence-electron chi connectivity index (χ2n) is 2.70. The van der Waals surface area contributed by atoms with Crippen LogP contribution in [-0.4, -0.2) is 18.9 Å². The smallest absolute Gasteiger partial charge is 0.0988 e. The van der Waals surface area contributed by atoms with Gasteiger partial charge in [0.25, 0.3) is 0 Å². The van der Waals surface area contributed by atoms with Crippen molar-refractivity contribution in [2.75, 3.05) is 13.1 Å². The lowest BCUT2D eigenvalue weighted by Crippen LogP contribution is -2.32. The van der Waals surface area contributed by atoms with E-state index in [4.69, 9.17) is 0 Å². The summed E-state index contributed by atoms with van der Waals surface area (Å²) in [6.45, 7) is 6.45. The quantitative estimate of drug-likeness (QED) is 0.685. The predicted octanol–water partition coefficient (Wildman–Crippen LogP) is 1.88. The first-order valence-electron chi connectivity index (χ1n) is 3.59. The van der Waals surface area contributed by atoms with Crippen molar-refractivity contribution in [2.45, 2.75) is 20.3 Å². The summed E-state index contributed by atoms with van der Waals surface area (Å²) in [6, 6.07) is 0. The molecule has 1 heterocycles. The van der Waals surface area contributed by atoms with E-state index in [1.165, 1.54) is 12.3 Å². The van der Waals surface area contributed by atoms with Crippen molar-refractivity contribution in [1.82, 2.24) is 5.32 Å². The largest absolute Gasteiger partial charge is 0.374 e. The Morgan fingerprint density at radius 1 is 1.36 bits per heavy atom. The molecule has 0 aromatic rings. The molecule has 68 valence electrons. The lowest BCUT2D eigenvalue weighted by atomic mass is 10.2. The summed E-state index contributed by atoms with van der Waals surface area (Å²) in [7, 11) is 0. The number of hydrogen-bond acceptors (Lipinski definition) is 2. The van der Waals surface area contributed by atoms with Gasteiger partial charge in [0.2, 0.25) is 0 Å². The highest BCUT2D eigenvalue weighted by atomic mass is 35.5. The van der Waals surface area contributed by atoms with E-state index in [1.54, 1.807) is 0 Å². The molecule has 1 aliphatic rings. The maximum Gasteiger partial charge on any atom is 0.0988 e. The highest BCUT2D eigenvalue weighted by Gasteiger charge is 2.06. The van der Waals surface area contributed by atoms with E-state index >= 15 is 0 Å². The van der Waals surface area contributed by atoms with Crippen molar-refractivity contribution < 1.29 is 0 Å². The molecule has 0 saturated carbocycles. The van der Waals surface area contributed by atoms with Gasteiger partial charge in [-0.1, -0.05) is 13.8 Å². The second kappa shape index (κ2) is 6.74. The summed E-state index contributed by atoms with van der Waals surface area (Å²) >= 11 is 0. The van der Waals surface area contributed by atoms with E-state index in [2.05, 4.69) is 24.2 Å². The van der Waals surface area contributed by atoms with Gasteiger partial charge in [0.1, 0.15) is 0 Å². The maximum atomic E-state index is 4.33. The number of amidine groups is 1. The zero-order valence-corrected chi connectivity index (χ0v) is 8.60. The standard InChI is InChI=1S/C7H14N2.2ClH/c1-6(2)7-8-4-3-5-9-7;;/h6H,3-5H2,1-2H3,(H,8,9);2*1H. The molecule has 0 atom stereocenters.